The van der Waals surface area contributed by atoms with Gasteiger partial charge in [-0.3, -0.25) is 4.79 Å². The Balaban J connectivity index is 1.82. The first-order chi connectivity index (χ1) is 11.6. The number of rotatable bonds is 8. The normalized spacial score (nSPS) is 11.6. The van der Waals surface area contributed by atoms with Crippen molar-refractivity contribution in [3.8, 4) is 11.5 Å². The lowest BCUT2D eigenvalue weighted by Gasteiger charge is -2.14. The molecule has 0 spiro atoms. The molecule has 24 heavy (non-hydrogen) atoms. The van der Waals surface area contributed by atoms with E-state index in [9.17, 15) is 4.79 Å². The van der Waals surface area contributed by atoms with Crippen molar-refractivity contribution in [3.63, 3.8) is 0 Å². The zero-order chi connectivity index (χ0) is 17.4. The van der Waals surface area contributed by atoms with Crippen molar-refractivity contribution in [1.82, 2.24) is 5.32 Å². The molecule has 5 heteroatoms. The highest BCUT2D eigenvalue weighted by atomic mass is 16.5. The fourth-order valence-electron chi connectivity index (χ4n) is 2.53. The number of hydrogen-bond donors (Lipinski definition) is 2. The summed E-state index contributed by atoms with van der Waals surface area (Å²) in [5.74, 6) is 1.37. The third kappa shape index (κ3) is 5.28. The molecule has 128 valence electrons. The number of likely N-dealkylation sites (N-methyl/N-ethyl adjacent to an activating group) is 1. The summed E-state index contributed by atoms with van der Waals surface area (Å²) in [5.41, 5.74) is 2.20. The van der Waals surface area contributed by atoms with Crippen LogP contribution in [0.15, 0.2) is 48.5 Å². The number of benzene rings is 2. The maximum Gasteiger partial charge on any atom is 0.275 e. The van der Waals surface area contributed by atoms with E-state index in [0.29, 0.717) is 24.6 Å². The molecular formula is C19H25N2O3+. The van der Waals surface area contributed by atoms with Gasteiger partial charge >= 0.3 is 0 Å². The van der Waals surface area contributed by atoms with E-state index >= 15 is 0 Å². The van der Waals surface area contributed by atoms with E-state index < -0.39 is 0 Å². The fourth-order valence-corrected chi connectivity index (χ4v) is 2.53. The Bertz CT molecular complexity index is 659. The van der Waals surface area contributed by atoms with Crippen molar-refractivity contribution in [2.24, 2.45) is 0 Å². The van der Waals surface area contributed by atoms with Crippen LogP contribution in [-0.4, -0.2) is 33.7 Å². The Kier molecular flexibility index (Phi) is 6.63. The van der Waals surface area contributed by atoms with E-state index in [0.717, 1.165) is 17.0 Å². The summed E-state index contributed by atoms with van der Waals surface area (Å²) in [7, 11) is 5.22. The third-order valence-electron chi connectivity index (χ3n) is 3.75. The van der Waals surface area contributed by atoms with Crippen LogP contribution in [-0.2, 0) is 17.9 Å². The smallest absolute Gasteiger partial charge is 0.275 e. The van der Waals surface area contributed by atoms with E-state index in [2.05, 4.69) is 17.4 Å². The molecule has 0 radical (unpaired) electrons. The molecule has 0 aliphatic heterocycles. The fraction of sp³-hybridized carbons (Fsp3) is 0.316. The second kappa shape index (κ2) is 8.93. The van der Waals surface area contributed by atoms with Gasteiger partial charge in [0.05, 0.1) is 21.3 Å². The van der Waals surface area contributed by atoms with Crippen LogP contribution in [0.1, 0.15) is 11.1 Å². The Morgan fingerprint density at radius 1 is 1.00 bits per heavy atom. The van der Waals surface area contributed by atoms with E-state index in [1.807, 2.05) is 43.4 Å². The standard InChI is InChI=1S/C19H24N2O3/c1-21(13-15-7-5-4-6-8-15)14-19(22)20-12-16-9-10-17(23-2)18(11-16)24-3/h4-11H,12-14H2,1-3H3,(H,20,22)/p+1. The average Bonchev–Trinajstić information content (AvgIpc) is 2.60. The summed E-state index contributed by atoms with van der Waals surface area (Å²) < 4.78 is 10.5. The number of amides is 1. The van der Waals surface area contributed by atoms with Gasteiger partial charge in [0.1, 0.15) is 6.54 Å². The Morgan fingerprint density at radius 2 is 1.71 bits per heavy atom. The Labute approximate surface area is 143 Å². The first-order valence-corrected chi connectivity index (χ1v) is 7.95. The quantitative estimate of drug-likeness (QED) is 0.761. The summed E-state index contributed by atoms with van der Waals surface area (Å²) in [6, 6.07) is 15.8. The molecule has 1 amide bonds. The van der Waals surface area contributed by atoms with Crippen LogP contribution >= 0.6 is 0 Å². The monoisotopic (exact) mass is 329 g/mol. The van der Waals surface area contributed by atoms with Gasteiger partial charge < -0.3 is 19.7 Å². The van der Waals surface area contributed by atoms with Crippen molar-refractivity contribution in [2.75, 3.05) is 27.8 Å². The molecule has 1 unspecified atom stereocenters. The van der Waals surface area contributed by atoms with Crippen molar-refractivity contribution in [2.45, 2.75) is 13.1 Å². The number of methoxy groups -OCH3 is 2. The molecule has 0 aliphatic rings. The van der Waals surface area contributed by atoms with E-state index in [-0.39, 0.29) is 5.91 Å². The van der Waals surface area contributed by atoms with Crippen LogP contribution in [0.25, 0.3) is 0 Å². The van der Waals surface area contributed by atoms with Crippen LogP contribution in [0.5, 0.6) is 11.5 Å². The molecule has 0 aromatic heterocycles. The van der Waals surface area contributed by atoms with Gasteiger partial charge in [-0.05, 0) is 17.7 Å². The van der Waals surface area contributed by atoms with Crippen LogP contribution in [0.4, 0.5) is 0 Å². The largest absolute Gasteiger partial charge is 0.493 e. The van der Waals surface area contributed by atoms with E-state index in [1.54, 1.807) is 14.2 Å². The summed E-state index contributed by atoms with van der Waals surface area (Å²) in [6.07, 6.45) is 0. The van der Waals surface area contributed by atoms with Crippen LogP contribution in [0.2, 0.25) is 0 Å². The SMILES string of the molecule is COc1ccc(CNC(=O)C[NH+](C)Cc2ccccc2)cc1OC. The minimum absolute atomic E-state index is 0.0261. The highest BCUT2D eigenvalue weighted by Gasteiger charge is 2.11. The average molecular weight is 329 g/mol. The zero-order valence-electron chi connectivity index (χ0n) is 14.5. The lowest BCUT2D eigenvalue weighted by molar-refractivity contribution is -0.885. The highest BCUT2D eigenvalue weighted by molar-refractivity contribution is 5.76. The predicted octanol–water partition coefficient (Wildman–Crippen LogP) is 1.03. The molecule has 0 aliphatic carbocycles. The molecule has 1 atom stereocenters. The van der Waals surface area contributed by atoms with Crippen molar-refractivity contribution in [3.05, 3.63) is 59.7 Å². The van der Waals surface area contributed by atoms with Crippen molar-refractivity contribution >= 4 is 5.91 Å². The maximum atomic E-state index is 12.1. The van der Waals surface area contributed by atoms with Gasteiger partial charge in [0.2, 0.25) is 0 Å². The van der Waals surface area contributed by atoms with E-state index in [4.69, 9.17) is 9.47 Å². The number of ether oxygens (including phenoxy) is 2. The Morgan fingerprint density at radius 3 is 2.38 bits per heavy atom. The van der Waals surface area contributed by atoms with Gasteiger partial charge in [-0.15, -0.1) is 0 Å². The number of carbonyl (C=O) groups excluding carboxylic acids is 1. The second-order valence-electron chi connectivity index (χ2n) is 5.76. The van der Waals surface area contributed by atoms with Gasteiger partial charge in [0, 0.05) is 12.1 Å². The maximum absolute atomic E-state index is 12.1. The third-order valence-corrected chi connectivity index (χ3v) is 3.75. The first-order valence-electron chi connectivity index (χ1n) is 7.95. The molecule has 2 aromatic rings. The molecule has 0 bridgehead atoms. The van der Waals surface area contributed by atoms with E-state index in [1.165, 1.54) is 5.56 Å². The zero-order valence-corrected chi connectivity index (χ0v) is 14.5. The number of carbonyl (C=O) groups is 1. The van der Waals surface area contributed by atoms with Gasteiger partial charge in [-0.1, -0.05) is 36.4 Å². The summed E-state index contributed by atoms with van der Waals surface area (Å²) in [6.45, 7) is 1.73. The molecular weight excluding hydrogens is 304 g/mol. The highest BCUT2D eigenvalue weighted by Crippen LogP contribution is 2.27. The predicted molar refractivity (Wildman–Crippen MR) is 93.3 cm³/mol. The molecule has 2 rings (SSSR count). The van der Waals surface area contributed by atoms with Crippen molar-refractivity contribution in [1.29, 1.82) is 0 Å². The first kappa shape index (κ1) is 17.8. The molecule has 0 saturated heterocycles. The van der Waals surface area contributed by atoms with Gasteiger partial charge in [0.15, 0.2) is 18.0 Å². The van der Waals surface area contributed by atoms with Crippen LogP contribution in [0.3, 0.4) is 0 Å². The van der Waals surface area contributed by atoms with Gasteiger partial charge in [-0.25, -0.2) is 0 Å². The van der Waals surface area contributed by atoms with Gasteiger partial charge in [-0.2, -0.15) is 0 Å². The molecule has 0 fully saturated rings. The van der Waals surface area contributed by atoms with Gasteiger partial charge in [0.25, 0.3) is 5.91 Å². The Hall–Kier alpha value is -2.53. The minimum atomic E-state index is 0.0261. The molecule has 2 aromatic carbocycles. The van der Waals surface area contributed by atoms with Crippen molar-refractivity contribution < 1.29 is 19.2 Å². The number of quaternary nitrogens is 1. The molecule has 0 saturated carbocycles. The molecule has 2 N–H and O–H groups in total. The molecule has 0 heterocycles. The van der Waals surface area contributed by atoms with Crippen LogP contribution < -0.4 is 19.7 Å². The summed E-state index contributed by atoms with van der Waals surface area (Å²) in [4.78, 5) is 13.3. The molecule has 5 nitrogen and oxygen atoms in total. The lowest BCUT2D eigenvalue weighted by atomic mass is 10.2. The topological polar surface area (TPSA) is 52.0 Å². The number of hydrogen-bond acceptors (Lipinski definition) is 3. The minimum Gasteiger partial charge on any atom is -0.493 e. The number of nitrogens with one attached hydrogen (secondary N) is 2. The summed E-state index contributed by atoms with van der Waals surface area (Å²) in [5, 5.41) is 2.95. The second-order valence-corrected chi connectivity index (χ2v) is 5.76. The van der Waals surface area contributed by atoms with Crippen LogP contribution in [0, 0.1) is 0 Å². The lowest BCUT2D eigenvalue weighted by Crippen LogP contribution is -3.08. The summed E-state index contributed by atoms with van der Waals surface area (Å²) >= 11 is 0.